The summed E-state index contributed by atoms with van der Waals surface area (Å²) in [5.74, 6) is 0.815. The Morgan fingerprint density at radius 2 is 2.06 bits per heavy atom. The highest BCUT2D eigenvalue weighted by Crippen LogP contribution is 2.44. The molecule has 0 saturated heterocycles. The van der Waals surface area contributed by atoms with Crippen molar-refractivity contribution in [3.8, 4) is 0 Å². The van der Waals surface area contributed by atoms with E-state index in [9.17, 15) is 5.11 Å². The zero-order valence-electron chi connectivity index (χ0n) is 11.3. The van der Waals surface area contributed by atoms with Crippen molar-refractivity contribution in [3.63, 3.8) is 0 Å². The van der Waals surface area contributed by atoms with Crippen LogP contribution in [0, 0.1) is 17.3 Å². The molecule has 1 aliphatic rings. The Hall–Kier alpha value is -0.0800. The monoisotopic (exact) mass is 228 g/mol. The van der Waals surface area contributed by atoms with Crippen molar-refractivity contribution in [2.75, 3.05) is 13.7 Å². The topological polar surface area (TPSA) is 29.5 Å². The third-order valence-electron chi connectivity index (χ3n) is 4.36. The molecule has 0 amide bonds. The van der Waals surface area contributed by atoms with Crippen molar-refractivity contribution in [3.05, 3.63) is 0 Å². The van der Waals surface area contributed by atoms with Gasteiger partial charge in [-0.2, -0.15) is 0 Å². The second kappa shape index (κ2) is 6.02. The Kier molecular flexibility index (Phi) is 5.26. The fraction of sp³-hybridized carbons (Fsp3) is 1.00. The van der Waals surface area contributed by atoms with Crippen LogP contribution in [-0.2, 0) is 4.74 Å². The lowest BCUT2D eigenvalue weighted by Gasteiger charge is -2.43. The van der Waals surface area contributed by atoms with Gasteiger partial charge in [0.05, 0.1) is 6.10 Å². The minimum absolute atomic E-state index is 0.162. The Morgan fingerprint density at radius 3 is 2.62 bits per heavy atom. The van der Waals surface area contributed by atoms with E-state index >= 15 is 0 Å². The first-order valence-corrected chi connectivity index (χ1v) is 6.66. The van der Waals surface area contributed by atoms with Gasteiger partial charge in [0.2, 0.25) is 0 Å². The zero-order valence-corrected chi connectivity index (χ0v) is 11.3. The van der Waals surface area contributed by atoms with E-state index in [1.807, 2.05) is 0 Å². The molecule has 0 spiro atoms. The molecule has 2 heteroatoms. The number of ether oxygens (including phenoxy) is 1. The Morgan fingerprint density at radius 1 is 1.38 bits per heavy atom. The lowest BCUT2D eigenvalue weighted by molar-refractivity contribution is -0.0309. The zero-order chi connectivity index (χ0) is 12.2. The van der Waals surface area contributed by atoms with E-state index in [1.54, 1.807) is 7.11 Å². The molecule has 1 saturated carbocycles. The highest BCUT2D eigenvalue weighted by Gasteiger charge is 2.38. The number of hydrogen-bond donors (Lipinski definition) is 1. The first-order valence-electron chi connectivity index (χ1n) is 6.66. The average Bonchev–Trinajstić information content (AvgIpc) is 2.24. The van der Waals surface area contributed by atoms with Crippen molar-refractivity contribution in [2.24, 2.45) is 17.3 Å². The van der Waals surface area contributed by atoms with Gasteiger partial charge in [-0.1, -0.05) is 33.6 Å². The van der Waals surface area contributed by atoms with Crippen LogP contribution in [0.3, 0.4) is 0 Å². The smallest absolute Gasteiger partial charge is 0.0599 e. The number of hydrogen-bond acceptors (Lipinski definition) is 2. The lowest BCUT2D eigenvalue weighted by atomic mass is 9.64. The maximum atomic E-state index is 10.4. The van der Waals surface area contributed by atoms with Gasteiger partial charge >= 0.3 is 0 Å². The maximum absolute atomic E-state index is 10.4. The molecule has 1 aliphatic carbocycles. The van der Waals surface area contributed by atoms with Gasteiger partial charge in [-0.3, -0.25) is 0 Å². The fourth-order valence-electron chi connectivity index (χ4n) is 3.03. The molecule has 0 aromatic heterocycles. The van der Waals surface area contributed by atoms with Gasteiger partial charge in [-0.15, -0.1) is 0 Å². The molecule has 0 heterocycles. The summed E-state index contributed by atoms with van der Waals surface area (Å²) in [5.41, 5.74) is 0.305. The van der Waals surface area contributed by atoms with E-state index in [0.29, 0.717) is 17.3 Å². The SMILES string of the molecule is COCCC(C)C(O)C1CCCCC1(C)C. The van der Waals surface area contributed by atoms with Crippen LogP contribution in [0.25, 0.3) is 0 Å². The first kappa shape index (κ1) is 14.0. The Labute approximate surface area is 100 Å². The summed E-state index contributed by atoms with van der Waals surface area (Å²) in [6.07, 6.45) is 5.84. The molecule has 0 aliphatic heterocycles. The predicted molar refractivity (Wildman–Crippen MR) is 67.4 cm³/mol. The van der Waals surface area contributed by atoms with Crippen LogP contribution in [0.15, 0.2) is 0 Å². The van der Waals surface area contributed by atoms with E-state index in [-0.39, 0.29) is 6.10 Å². The third kappa shape index (κ3) is 3.46. The molecule has 3 atom stereocenters. The normalized spacial score (nSPS) is 28.7. The van der Waals surface area contributed by atoms with Crippen LogP contribution in [0.4, 0.5) is 0 Å². The molecule has 0 radical (unpaired) electrons. The molecule has 0 aromatic rings. The van der Waals surface area contributed by atoms with Gasteiger partial charge in [-0.05, 0) is 36.5 Å². The largest absolute Gasteiger partial charge is 0.393 e. The van der Waals surface area contributed by atoms with E-state index in [0.717, 1.165) is 13.0 Å². The highest BCUT2D eigenvalue weighted by molar-refractivity contribution is 4.88. The van der Waals surface area contributed by atoms with Crippen molar-refractivity contribution in [1.82, 2.24) is 0 Å². The quantitative estimate of drug-likeness (QED) is 0.783. The number of aliphatic hydroxyl groups is 1. The van der Waals surface area contributed by atoms with Gasteiger partial charge in [-0.25, -0.2) is 0 Å². The highest BCUT2D eigenvalue weighted by atomic mass is 16.5. The summed E-state index contributed by atoms with van der Waals surface area (Å²) < 4.78 is 5.09. The summed E-state index contributed by atoms with van der Waals surface area (Å²) in [6, 6.07) is 0. The van der Waals surface area contributed by atoms with Crippen LogP contribution in [0.1, 0.15) is 52.9 Å². The van der Waals surface area contributed by atoms with E-state index in [4.69, 9.17) is 4.74 Å². The van der Waals surface area contributed by atoms with Crippen LogP contribution in [0.5, 0.6) is 0 Å². The summed E-state index contributed by atoms with van der Waals surface area (Å²) >= 11 is 0. The van der Waals surface area contributed by atoms with Crippen molar-refractivity contribution < 1.29 is 9.84 Å². The lowest BCUT2D eigenvalue weighted by Crippen LogP contribution is -2.40. The minimum Gasteiger partial charge on any atom is -0.393 e. The van der Waals surface area contributed by atoms with Crippen LogP contribution in [-0.4, -0.2) is 24.9 Å². The summed E-state index contributed by atoms with van der Waals surface area (Å²) in [5, 5.41) is 10.4. The molecular formula is C14H28O2. The number of methoxy groups -OCH3 is 1. The number of aliphatic hydroxyl groups excluding tert-OH is 1. The van der Waals surface area contributed by atoms with Crippen LogP contribution >= 0.6 is 0 Å². The molecule has 1 N–H and O–H groups in total. The molecular weight excluding hydrogens is 200 g/mol. The van der Waals surface area contributed by atoms with Crippen LogP contribution < -0.4 is 0 Å². The van der Waals surface area contributed by atoms with Gasteiger partial charge in [0.15, 0.2) is 0 Å². The molecule has 1 rings (SSSR count). The first-order chi connectivity index (χ1) is 7.49. The van der Waals surface area contributed by atoms with Gasteiger partial charge in [0.25, 0.3) is 0 Å². The van der Waals surface area contributed by atoms with E-state index in [2.05, 4.69) is 20.8 Å². The molecule has 96 valence electrons. The summed E-state index contributed by atoms with van der Waals surface area (Å²) in [7, 11) is 1.73. The Balaban J connectivity index is 2.53. The van der Waals surface area contributed by atoms with Crippen molar-refractivity contribution >= 4 is 0 Å². The van der Waals surface area contributed by atoms with E-state index < -0.39 is 0 Å². The second-order valence-corrected chi connectivity index (χ2v) is 6.09. The van der Waals surface area contributed by atoms with Crippen molar-refractivity contribution in [2.45, 2.75) is 59.0 Å². The fourth-order valence-corrected chi connectivity index (χ4v) is 3.03. The molecule has 16 heavy (non-hydrogen) atoms. The second-order valence-electron chi connectivity index (χ2n) is 6.09. The summed E-state index contributed by atoms with van der Waals surface area (Å²) in [6.45, 7) is 7.52. The maximum Gasteiger partial charge on any atom is 0.0599 e. The van der Waals surface area contributed by atoms with Crippen LogP contribution in [0.2, 0.25) is 0 Å². The number of rotatable bonds is 5. The van der Waals surface area contributed by atoms with Gasteiger partial charge in [0, 0.05) is 13.7 Å². The van der Waals surface area contributed by atoms with E-state index in [1.165, 1.54) is 25.7 Å². The predicted octanol–water partition coefficient (Wildman–Crippen LogP) is 3.24. The minimum atomic E-state index is -0.162. The Bertz CT molecular complexity index is 201. The molecule has 0 aromatic carbocycles. The third-order valence-corrected chi connectivity index (χ3v) is 4.36. The van der Waals surface area contributed by atoms with Crippen molar-refractivity contribution in [1.29, 1.82) is 0 Å². The molecule has 3 unspecified atom stereocenters. The molecule has 0 bridgehead atoms. The van der Waals surface area contributed by atoms with Gasteiger partial charge in [0.1, 0.15) is 0 Å². The molecule has 1 fully saturated rings. The van der Waals surface area contributed by atoms with Gasteiger partial charge < -0.3 is 9.84 Å². The molecule has 2 nitrogen and oxygen atoms in total. The standard InChI is InChI=1S/C14H28O2/c1-11(8-10-16-4)13(15)12-7-5-6-9-14(12,2)3/h11-13,15H,5-10H2,1-4H3. The average molecular weight is 228 g/mol. The summed E-state index contributed by atoms with van der Waals surface area (Å²) in [4.78, 5) is 0.